The first-order valence-electron chi connectivity index (χ1n) is 8.33. The summed E-state index contributed by atoms with van der Waals surface area (Å²) >= 11 is 5.25. The van der Waals surface area contributed by atoms with Crippen molar-refractivity contribution in [3.05, 3.63) is 0 Å². The minimum Gasteiger partial charge on any atom is -0.392 e. The van der Waals surface area contributed by atoms with Crippen molar-refractivity contribution in [1.29, 1.82) is 0 Å². The largest absolute Gasteiger partial charge is 0.392 e. The summed E-state index contributed by atoms with van der Waals surface area (Å²) in [6, 6.07) is 0.253. The van der Waals surface area contributed by atoms with Gasteiger partial charge in [-0.1, -0.05) is 45.8 Å². The fourth-order valence-electron chi connectivity index (χ4n) is 5.50. The third-order valence-electron chi connectivity index (χ3n) is 6.91. The highest BCUT2D eigenvalue weighted by molar-refractivity contribution is 7.80. The van der Waals surface area contributed by atoms with Crippen LogP contribution in [0.25, 0.3) is 0 Å². The highest BCUT2D eigenvalue weighted by Gasteiger charge is 2.60. The summed E-state index contributed by atoms with van der Waals surface area (Å²) in [5.41, 5.74) is 5.80. The average Bonchev–Trinajstić information content (AvgIpc) is 3.05. The number of carbonyl (C=O) groups excluding carboxylic acids is 1. The van der Waals surface area contributed by atoms with Crippen LogP contribution in [-0.4, -0.2) is 16.9 Å². The minimum absolute atomic E-state index is 0.0966. The molecule has 3 atom stereocenters. The zero-order chi connectivity index (χ0) is 15.5. The van der Waals surface area contributed by atoms with Crippen LogP contribution in [0.4, 0.5) is 0 Å². The van der Waals surface area contributed by atoms with Crippen molar-refractivity contribution in [3.63, 3.8) is 0 Å². The molecule has 3 saturated carbocycles. The third kappa shape index (κ3) is 2.05. The molecule has 3 aliphatic rings. The van der Waals surface area contributed by atoms with Gasteiger partial charge in [0, 0.05) is 6.04 Å². The Bertz CT molecular complexity index is 476. The summed E-state index contributed by atoms with van der Waals surface area (Å²) < 4.78 is 0. The maximum atomic E-state index is 13.0. The Morgan fingerprint density at radius 3 is 2.29 bits per heavy atom. The van der Waals surface area contributed by atoms with Crippen molar-refractivity contribution in [3.8, 4) is 0 Å². The van der Waals surface area contributed by atoms with Gasteiger partial charge < -0.3 is 11.1 Å². The van der Waals surface area contributed by atoms with Crippen LogP contribution in [0.3, 0.4) is 0 Å². The minimum atomic E-state index is -0.580. The van der Waals surface area contributed by atoms with E-state index in [0.29, 0.717) is 4.99 Å². The van der Waals surface area contributed by atoms with E-state index >= 15 is 0 Å². The summed E-state index contributed by atoms with van der Waals surface area (Å²) in [7, 11) is 0. The van der Waals surface area contributed by atoms with Crippen LogP contribution in [0.2, 0.25) is 0 Å². The predicted octanol–water partition coefficient (Wildman–Crippen LogP) is 3.16. The molecule has 1 amide bonds. The van der Waals surface area contributed by atoms with Gasteiger partial charge in [-0.2, -0.15) is 0 Å². The van der Waals surface area contributed by atoms with Crippen LogP contribution in [0.1, 0.15) is 65.7 Å². The molecule has 21 heavy (non-hydrogen) atoms. The maximum absolute atomic E-state index is 13.0. The standard InChI is InChI=1S/C17H28N2OS/c1-15(2)11-6-9-16(3,10-11)12(15)19-14(20)17(13(18)21)7-4-5-8-17/h11-12H,4-10H2,1-3H3,(H2,18,21)(H,19,20). The molecule has 0 radical (unpaired) electrons. The molecule has 0 spiro atoms. The number of hydrogen-bond acceptors (Lipinski definition) is 2. The molecular formula is C17H28N2OS. The van der Waals surface area contributed by atoms with Crippen LogP contribution in [0.5, 0.6) is 0 Å². The molecule has 3 rings (SSSR count). The Labute approximate surface area is 133 Å². The number of fused-ring (bicyclic) bond motifs is 2. The Kier molecular flexibility index (Phi) is 3.40. The second-order valence-electron chi connectivity index (χ2n) is 8.48. The predicted molar refractivity (Wildman–Crippen MR) is 88.8 cm³/mol. The molecule has 4 heteroatoms. The second kappa shape index (κ2) is 4.68. The lowest BCUT2D eigenvalue weighted by Crippen LogP contribution is -2.57. The molecule has 0 aromatic carbocycles. The second-order valence-corrected chi connectivity index (χ2v) is 8.91. The van der Waals surface area contributed by atoms with Crippen LogP contribution < -0.4 is 11.1 Å². The fraction of sp³-hybridized carbons (Fsp3) is 0.882. The van der Waals surface area contributed by atoms with Crippen molar-refractivity contribution >= 4 is 23.1 Å². The van der Waals surface area contributed by atoms with E-state index in [1.807, 2.05) is 0 Å². The lowest BCUT2D eigenvalue weighted by atomic mass is 9.68. The first-order chi connectivity index (χ1) is 9.72. The van der Waals surface area contributed by atoms with Gasteiger partial charge in [0.2, 0.25) is 5.91 Å². The number of rotatable bonds is 3. The molecule has 3 aliphatic carbocycles. The summed E-state index contributed by atoms with van der Waals surface area (Å²) in [6.07, 6.45) is 7.52. The molecule has 0 aliphatic heterocycles. The highest BCUT2D eigenvalue weighted by atomic mass is 32.1. The molecule has 3 fully saturated rings. The summed E-state index contributed by atoms with van der Waals surface area (Å²) in [6.45, 7) is 6.97. The van der Waals surface area contributed by atoms with E-state index in [1.54, 1.807) is 0 Å². The van der Waals surface area contributed by atoms with Gasteiger partial charge in [0.15, 0.2) is 0 Å². The monoisotopic (exact) mass is 308 g/mol. The van der Waals surface area contributed by atoms with E-state index in [9.17, 15) is 4.79 Å². The highest BCUT2D eigenvalue weighted by Crippen LogP contribution is 2.62. The van der Waals surface area contributed by atoms with Crippen molar-refractivity contribution < 1.29 is 4.79 Å². The molecule has 2 bridgehead atoms. The Morgan fingerprint density at radius 1 is 1.19 bits per heavy atom. The average molecular weight is 308 g/mol. The van der Waals surface area contributed by atoms with Gasteiger partial charge >= 0.3 is 0 Å². The van der Waals surface area contributed by atoms with Crippen LogP contribution in [-0.2, 0) is 4.79 Å². The van der Waals surface area contributed by atoms with Crippen molar-refractivity contribution in [2.45, 2.75) is 71.8 Å². The summed E-state index contributed by atoms with van der Waals surface area (Å²) in [5.74, 6) is 0.830. The van der Waals surface area contributed by atoms with Gasteiger partial charge in [-0.15, -0.1) is 0 Å². The van der Waals surface area contributed by atoms with E-state index in [0.717, 1.165) is 31.6 Å². The Morgan fingerprint density at radius 2 is 1.81 bits per heavy atom. The van der Waals surface area contributed by atoms with Gasteiger partial charge in [0.05, 0.1) is 10.4 Å². The smallest absolute Gasteiger partial charge is 0.233 e. The van der Waals surface area contributed by atoms with E-state index in [1.165, 1.54) is 19.3 Å². The first kappa shape index (κ1) is 15.3. The lowest BCUT2D eigenvalue weighted by Gasteiger charge is -2.44. The summed E-state index contributed by atoms with van der Waals surface area (Å²) in [5, 5.41) is 3.40. The number of hydrogen-bond donors (Lipinski definition) is 2. The van der Waals surface area contributed by atoms with E-state index in [-0.39, 0.29) is 22.8 Å². The van der Waals surface area contributed by atoms with Gasteiger partial charge in [-0.3, -0.25) is 4.79 Å². The number of carbonyl (C=O) groups is 1. The molecular weight excluding hydrogens is 280 g/mol. The number of amides is 1. The fourth-order valence-corrected chi connectivity index (χ4v) is 5.79. The third-order valence-corrected chi connectivity index (χ3v) is 7.30. The van der Waals surface area contributed by atoms with E-state index in [2.05, 4.69) is 26.1 Å². The summed E-state index contributed by atoms with van der Waals surface area (Å²) in [4.78, 5) is 13.4. The zero-order valence-electron chi connectivity index (χ0n) is 13.5. The molecule has 0 aromatic rings. The van der Waals surface area contributed by atoms with Crippen molar-refractivity contribution in [2.75, 3.05) is 0 Å². The van der Waals surface area contributed by atoms with Gasteiger partial charge in [0.25, 0.3) is 0 Å². The lowest BCUT2D eigenvalue weighted by molar-refractivity contribution is -0.130. The quantitative estimate of drug-likeness (QED) is 0.787. The first-order valence-corrected chi connectivity index (χ1v) is 8.74. The van der Waals surface area contributed by atoms with Crippen LogP contribution in [0, 0.1) is 22.2 Å². The molecule has 3 nitrogen and oxygen atoms in total. The molecule has 0 saturated heterocycles. The number of nitrogens with one attached hydrogen (secondary N) is 1. The van der Waals surface area contributed by atoms with E-state index < -0.39 is 5.41 Å². The molecule has 3 unspecified atom stereocenters. The number of thiocarbonyl (C=S) groups is 1. The molecule has 0 heterocycles. The Hall–Kier alpha value is -0.640. The van der Waals surface area contributed by atoms with Crippen molar-refractivity contribution in [1.82, 2.24) is 5.32 Å². The SMILES string of the molecule is CC12CCC(C1)C(C)(C)C2NC(=O)C1(C(N)=S)CCCC1. The normalized spacial score (nSPS) is 39.4. The maximum Gasteiger partial charge on any atom is 0.233 e. The van der Waals surface area contributed by atoms with Crippen molar-refractivity contribution in [2.24, 2.45) is 27.9 Å². The Balaban J connectivity index is 1.83. The van der Waals surface area contributed by atoms with E-state index in [4.69, 9.17) is 18.0 Å². The molecule has 3 N–H and O–H groups in total. The molecule has 0 aromatic heterocycles. The van der Waals surface area contributed by atoms with Gasteiger partial charge in [-0.25, -0.2) is 0 Å². The topological polar surface area (TPSA) is 55.1 Å². The molecule has 118 valence electrons. The van der Waals surface area contributed by atoms with Crippen LogP contribution in [0.15, 0.2) is 0 Å². The zero-order valence-corrected chi connectivity index (χ0v) is 14.3. The van der Waals surface area contributed by atoms with Gasteiger partial charge in [0.1, 0.15) is 0 Å². The van der Waals surface area contributed by atoms with Gasteiger partial charge in [-0.05, 0) is 48.9 Å². The number of nitrogens with two attached hydrogens (primary N) is 1. The van der Waals surface area contributed by atoms with Crippen LogP contribution >= 0.6 is 12.2 Å².